The third-order valence-corrected chi connectivity index (χ3v) is 3.66. The van der Waals surface area contributed by atoms with Crippen LogP contribution in [0.1, 0.15) is 11.3 Å². The first-order chi connectivity index (χ1) is 11.3. The molecular weight excluding hydrogens is 418 g/mol. The Morgan fingerprint density at radius 2 is 1.75 bits per heavy atom. The van der Waals surface area contributed by atoms with Crippen molar-refractivity contribution in [1.82, 2.24) is 15.6 Å². The SMILES string of the molecule is CN=C(NCc1cc2ccccc2[nH]1)NCc1ccccc1F.I. The fourth-order valence-corrected chi connectivity index (χ4v) is 2.45. The number of nitrogens with one attached hydrogen (secondary N) is 3. The van der Waals surface area contributed by atoms with Crippen LogP contribution in [0.25, 0.3) is 10.9 Å². The normalized spacial score (nSPS) is 11.2. The molecule has 3 aromatic rings. The number of hydrogen-bond donors (Lipinski definition) is 3. The number of para-hydroxylation sites is 1. The highest BCUT2D eigenvalue weighted by Gasteiger charge is 2.04. The van der Waals surface area contributed by atoms with E-state index in [1.165, 1.54) is 11.5 Å². The van der Waals surface area contributed by atoms with Crippen LogP contribution in [-0.4, -0.2) is 18.0 Å². The Morgan fingerprint density at radius 1 is 1.04 bits per heavy atom. The quantitative estimate of drug-likeness (QED) is 0.330. The number of H-pyrrole nitrogens is 1. The second-order valence-electron chi connectivity index (χ2n) is 5.25. The Morgan fingerprint density at radius 3 is 2.50 bits per heavy atom. The van der Waals surface area contributed by atoms with Crippen LogP contribution in [0.2, 0.25) is 0 Å². The van der Waals surface area contributed by atoms with Crippen molar-refractivity contribution < 1.29 is 4.39 Å². The number of benzene rings is 2. The summed E-state index contributed by atoms with van der Waals surface area (Å²) < 4.78 is 13.6. The third-order valence-electron chi connectivity index (χ3n) is 3.66. The highest BCUT2D eigenvalue weighted by Crippen LogP contribution is 2.14. The van der Waals surface area contributed by atoms with Gasteiger partial charge in [-0.25, -0.2) is 4.39 Å². The van der Waals surface area contributed by atoms with Crippen molar-refractivity contribution in [3.8, 4) is 0 Å². The van der Waals surface area contributed by atoms with Crippen LogP contribution >= 0.6 is 24.0 Å². The number of guanidine groups is 1. The first kappa shape index (κ1) is 18.3. The molecule has 0 saturated carbocycles. The molecule has 0 radical (unpaired) electrons. The number of rotatable bonds is 4. The molecule has 24 heavy (non-hydrogen) atoms. The number of fused-ring (bicyclic) bond motifs is 1. The molecule has 2 aromatic carbocycles. The van der Waals surface area contributed by atoms with Crippen molar-refractivity contribution in [3.05, 3.63) is 71.7 Å². The lowest BCUT2D eigenvalue weighted by atomic mass is 10.2. The van der Waals surface area contributed by atoms with E-state index in [9.17, 15) is 4.39 Å². The first-order valence-corrected chi connectivity index (χ1v) is 7.51. The van der Waals surface area contributed by atoms with E-state index in [0.29, 0.717) is 24.6 Å². The van der Waals surface area contributed by atoms with Gasteiger partial charge in [0.15, 0.2) is 5.96 Å². The fourth-order valence-electron chi connectivity index (χ4n) is 2.45. The van der Waals surface area contributed by atoms with Gasteiger partial charge in [0.1, 0.15) is 5.82 Å². The van der Waals surface area contributed by atoms with Crippen molar-refractivity contribution >= 4 is 40.8 Å². The number of aromatic nitrogens is 1. The van der Waals surface area contributed by atoms with Crippen LogP contribution in [0.15, 0.2) is 59.6 Å². The van der Waals surface area contributed by atoms with Crippen molar-refractivity contribution in [2.24, 2.45) is 4.99 Å². The monoisotopic (exact) mass is 438 g/mol. The average Bonchev–Trinajstić information content (AvgIpc) is 2.99. The topological polar surface area (TPSA) is 52.2 Å². The van der Waals surface area contributed by atoms with Crippen LogP contribution in [0, 0.1) is 5.82 Å². The maximum atomic E-state index is 13.6. The fraction of sp³-hybridized carbons (Fsp3) is 0.167. The van der Waals surface area contributed by atoms with Gasteiger partial charge in [-0.05, 0) is 23.6 Å². The van der Waals surface area contributed by atoms with Gasteiger partial charge in [0.25, 0.3) is 0 Å². The highest BCUT2D eigenvalue weighted by molar-refractivity contribution is 14.0. The smallest absolute Gasteiger partial charge is 0.191 e. The average molecular weight is 438 g/mol. The molecule has 126 valence electrons. The summed E-state index contributed by atoms with van der Waals surface area (Å²) in [5.41, 5.74) is 2.79. The molecule has 3 rings (SSSR count). The number of aromatic amines is 1. The third kappa shape index (κ3) is 4.47. The molecule has 0 unspecified atom stereocenters. The van der Waals surface area contributed by atoms with Gasteiger partial charge in [0.05, 0.1) is 6.54 Å². The van der Waals surface area contributed by atoms with E-state index in [1.54, 1.807) is 19.2 Å². The van der Waals surface area contributed by atoms with Crippen LogP contribution in [0.5, 0.6) is 0 Å². The van der Waals surface area contributed by atoms with Crippen LogP contribution < -0.4 is 10.6 Å². The predicted octanol–water partition coefficient (Wildman–Crippen LogP) is 3.79. The zero-order valence-corrected chi connectivity index (χ0v) is 15.7. The molecular formula is C18H20FIN4. The zero-order valence-electron chi connectivity index (χ0n) is 13.3. The van der Waals surface area contributed by atoms with E-state index in [4.69, 9.17) is 0 Å². The first-order valence-electron chi connectivity index (χ1n) is 7.51. The second-order valence-corrected chi connectivity index (χ2v) is 5.25. The molecule has 0 spiro atoms. The van der Waals surface area contributed by atoms with Gasteiger partial charge in [-0.1, -0.05) is 36.4 Å². The molecule has 3 N–H and O–H groups in total. The lowest BCUT2D eigenvalue weighted by Gasteiger charge is -2.11. The van der Waals surface area contributed by atoms with Gasteiger partial charge in [0, 0.05) is 30.4 Å². The van der Waals surface area contributed by atoms with Crippen LogP contribution in [-0.2, 0) is 13.1 Å². The summed E-state index contributed by atoms with van der Waals surface area (Å²) in [7, 11) is 1.70. The highest BCUT2D eigenvalue weighted by atomic mass is 127. The Balaban J connectivity index is 0.00000208. The maximum absolute atomic E-state index is 13.6. The van der Waals surface area contributed by atoms with E-state index in [1.807, 2.05) is 24.3 Å². The van der Waals surface area contributed by atoms with E-state index in [2.05, 4.69) is 32.7 Å². The lowest BCUT2D eigenvalue weighted by molar-refractivity contribution is 0.604. The van der Waals surface area contributed by atoms with Gasteiger partial charge >= 0.3 is 0 Å². The summed E-state index contributed by atoms with van der Waals surface area (Å²) in [6.07, 6.45) is 0. The van der Waals surface area contributed by atoms with Gasteiger partial charge < -0.3 is 15.6 Å². The molecule has 0 aliphatic heterocycles. The van der Waals surface area contributed by atoms with E-state index >= 15 is 0 Å². The Hall–Kier alpha value is -2.09. The molecule has 4 nitrogen and oxygen atoms in total. The molecule has 0 saturated heterocycles. The van der Waals surface area contributed by atoms with Crippen molar-refractivity contribution in [3.63, 3.8) is 0 Å². The largest absolute Gasteiger partial charge is 0.357 e. The Labute approximate surface area is 157 Å². The van der Waals surface area contributed by atoms with E-state index in [0.717, 1.165) is 11.2 Å². The Kier molecular flexibility index (Phi) is 6.60. The minimum Gasteiger partial charge on any atom is -0.357 e. The van der Waals surface area contributed by atoms with Crippen molar-refractivity contribution in [2.45, 2.75) is 13.1 Å². The molecule has 0 fully saturated rings. The number of nitrogens with zero attached hydrogens (tertiary/aromatic N) is 1. The number of hydrogen-bond acceptors (Lipinski definition) is 1. The molecule has 0 atom stereocenters. The standard InChI is InChI=1S/C18H19FN4.HI/c1-20-18(21-11-14-7-2-4-8-16(14)19)22-12-15-10-13-6-3-5-9-17(13)23-15;/h2-10,23H,11-12H2,1H3,(H2,20,21,22);1H. The Bertz CT molecular complexity index is 796. The zero-order chi connectivity index (χ0) is 16.1. The van der Waals surface area contributed by atoms with Crippen molar-refractivity contribution in [1.29, 1.82) is 0 Å². The summed E-state index contributed by atoms with van der Waals surface area (Å²) in [6, 6.07) is 17.0. The van der Waals surface area contributed by atoms with Crippen molar-refractivity contribution in [2.75, 3.05) is 7.05 Å². The minimum absolute atomic E-state index is 0. The van der Waals surface area contributed by atoms with Gasteiger partial charge in [-0.15, -0.1) is 24.0 Å². The van der Waals surface area contributed by atoms with Crippen LogP contribution in [0.3, 0.4) is 0 Å². The summed E-state index contributed by atoms with van der Waals surface area (Å²) in [4.78, 5) is 7.51. The molecule has 0 aliphatic carbocycles. The van der Waals surface area contributed by atoms with Gasteiger partial charge in [-0.3, -0.25) is 4.99 Å². The number of aliphatic imine (C=N–C) groups is 1. The van der Waals surface area contributed by atoms with E-state index < -0.39 is 0 Å². The molecule has 1 heterocycles. The molecule has 1 aromatic heterocycles. The summed E-state index contributed by atoms with van der Waals surface area (Å²) >= 11 is 0. The lowest BCUT2D eigenvalue weighted by Crippen LogP contribution is -2.36. The molecule has 0 amide bonds. The maximum Gasteiger partial charge on any atom is 0.191 e. The molecule has 0 bridgehead atoms. The second kappa shape index (κ2) is 8.68. The summed E-state index contributed by atoms with van der Waals surface area (Å²) in [5, 5.41) is 7.52. The summed E-state index contributed by atoms with van der Waals surface area (Å²) in [5.74, 6) is 0.415. The van der Waals surface area contributed by atoms with E-state index in [-0.39, 0.29) is 29.8 Å². The summed E-state index contributed by atoms with van der Waals surface area (Å²) in [6.45, 7) is 1.00. The predicted molar refractivity (Wildman–Crippen MR) is 107 cm³/mol. The molecule has 6 heteroatoms. The van der Waals surface area contributed by atoms with Gasteiger partial charge in [-0.2, -0.15) is 0 Å². The van der Waals surface area contributed by atoms with Crippen LogP contribution in [0.4, 0.5) is 4.39 Å². The minimum atomic E-state index is -0.217. The number of halogens is 2. The van der Waals surface area contributed by atoms with Gasteiger partial charge in [0.2, 0.25) is 0 Å². The molecule has 0 aliphatic rings.